The molecule has 0 N–H and O–H groups in total. The van der Waals surface area contributed by atoms with E-state index >= 15 is 0 Å². The van der Waals surface area contributed by atoms with Crippen LogP contribution >= 0.6 is 0 Å². The molecule has 0 spiro atoms. The summed E-state index contributed by atoms with van der Waals surface area (Å²) < 4.78 is 70.0. The van der Waals surface area contributed by atoms with Gasteiger partial charge in [-0.25, -0.2) is 8.78 Å². The molecule has 0 bridgehead atoms. The first kappa shape index (κ1) is 23.4. The van der Waals surface area contributed by atoms with Gasteiger partial charge >= 0.3 is 6.36 Å². The summed E-state index contributed by atoms with van der Waals surface area (Å²) in [5.41, 5.74) is 0.656. The summed E-state index contributed by atoms with van der Waals surface area (Å²) in [5, 5.41) is 0. The number of rotatable bonds is 3. The van der Waals surface area contributed by atoms with E-state index in [4.69, 9.17) is 0 Å². The maximum Gasteiger partial charge on any atom is 0.573 e. The normalized spacial score (nSPS) is 24.9. The number of fused-ring (bicyclic) bond motifs is 1. The summed E-state index contributed by atoms with van der Waals surface area (Å²) in [5.74, 6) is 5.25. The second-order valence-electron chi connectivity index (χ2n) is 9.02. The number of benzene rings is 2. The van der Waals surface area contributed by atoms with Crippen molar-refractivity contribution in [3.05, 3.63) is 77.4 Å². The van der Waals surface area contributed by atoms with Gasteiger partial charge in [0.1, 0.15) is 17.4 Å². The van der Waals surface area contributed by atoms with Crippen LogP contribution in [0.3, 0.4) is 0 Å². The topological polar surface area (TPSA) is 9.23 Å². The Hall–Kier alpha value is -2.81. The average Bonchev–Trinajstić information content (AvgIpc) is 2.77. The summed E-state index contributed by atoms with van der Waals surface area (Å²) in [6.45, 7) is 3.92. The van der Waals surface area contributed by atoms with Crippen molar-refractivity contribution < 1.29 is 26.7 Å². The fourth-order valence-electron chi connectivity index (χ4n) is 5.26. The molecule has 0 radical (unpaired) electrons. The smallest absolute Gasteiger partial charge is 0.406 e. The molecule has 2 aliphatic carbocycles. The highest BCUT2D eigenvalue weighted by molar-refractivity contribution is 5.46. The van der Waals surface area contributed by atoms with Gasteiger partial charge in [0, 0.05) is 5.56 Å². The predicted molar refractivity (Wildman–Crippen MR) is 117 cm³/mol. The minimum absolute atomic E-state index is 0.138. The molecule has 174 valence electrons. The van der Waals surface area contributed by atoms with Gasteiger partial charge in [-0.2, -0.15) is 0 Å². The SMILES string of the molecule is C=CC1CCC2CC(c3cc(F)c(C#Cc4ccc(OC(F)(F)F)cc4)c(F)c3)CCC2C1. The molecule has 0 saturated heterocycles. The summed E-state index contributed by atoms with van der Waals surface area (Å²) in [7, 11) is 0. The number of alkyl halides is 3. The van der Waals surface area contributed by atoms with Gasteiger partial charge in [-0.3, -0.25) is 0 Å². The lowest BCUT2D eigenvalue weighted by Gasteiger charge is -2.41. The van der Waals surface area contributed by atoms with Gasteiger partial charge in [0.25, 0.3) is 0 Å². The van der Waals surface area contributed by atoms with Crippen molar-refractivity contribution in [3.8, 4) is 17.6 Å². The van der Waals surface area contributed by atoms with E-state index in [9.17, 15) is 22.0 Å². The first-order valence-electron chi connectivity index (χ1n) is 11.2. The molecule has 2 aliphatic rings. The van der Waals surface area contributed by atoms with Crippen molar-refractivity contribution in [3.63, 3.8) is 0 Å². The van der Waals surface area contributed by atoms with E-state index in [1.165, 1.54) is 30.7 Å². The molecule has 4 atom stereocenters. The summed E-state index contributed by atoms with van der Waals surface area (Å²) in [6, 6.07) is 7.58. The Morgan fingerprint density at radius 2 is 1.52 bits per heavy atom. The van der Waals surface area contributed by atoms with E-state index in [0.29, 0.717) is 28.9 Å². The number of hydrogen-bond donors (Lipinski definition) is 0. The number of halogens is 5. The molecule has 2 aromatic rings. The van der Waals surface area contributed by atoms with Crippen molar-refractivity contribution >= 4 is 0 Å². The monoisotopic (exact) mass is 460 g/mol. The van der Waals surface area contributed by atoms with E-state index in [1.54, 1.807) is 0 Å². The van der Waals surface area contributed by atoms with Gasteiger partial charge in [-0.1, -0.05) is 17.9 Å². The summed E-state index contributed by atoms with van der Waals surface area (Å²) in [6.07, 6.45) is 3.64. The molecular formula is C27H25F5O. The Bertz CT molecular complexity index is 1040. The second-order valence-corrected chi connectivity index (χ2v) is 9.02. The Labute approximate surface area is 190 Å². The van der Waals surface area contributed by atoms with Gasteiger partial charge in [0.2, 0.25) is 0 Å². The van der Waals surface area contributed by atoms with E-state index in [0.717, 1.165) is 44.2 Å². The molecule has 2 saturated carbocycles. The molecule has 0 heterocycles. The molecule has 0 amide bonds. The second kappa shape index (κ2) is 9.59. The standard InChI is InChI=1S/C27H25F5O/c1-2-17-3-7-20-14-21(9-8-19(20)13-17)22-15-25(28)24(26(29)16-22)12-6-18-4-10-23(11-5-18)33-27(30,31)32/h2,4-5,10-11,15-17,19-21H,1,3,7-9,13-14H2. The number of allylic oxidation sites excluding steroid dienone is 1. The average molecular weight is 460 g/mol. The van der Waals surface area contributed by atoms with E-state index in [2.05, 4.69) is 29.2 Å². The predicted octanol–water partition coefficient (Wildman–Crippen LogP) is 7.75. The molecule has 4 rings (SSSR count). The molecular weight excluding hydrogens is 435 g/mol. The number of hydrogen-bond acceptors (Lipinski definition) is 1. The van der Waals surface area contributed by atoms with Crippen LogP contribution in [0.4, 0.5) is 22.0 Å². The first-order chi connectivity index (χ1) is 15.7. The van der Waals surface area contributed by atoms with Crippen LogP contribution in [0.25, 0.3) is 0 Å². The largest absolute Gasteiger partial charge is 0.573 e. The van der Waals surface area contributed by atoms with Crippen LogP contribution in [0.15, 0.2) is 49.1 Å². The van der Waals surface area contributed by atoms with Crippen LogP contribution in [0.2, 0.25) is 0 Å². The van der Waals surface area contributed by atoms with Crippen LogP contribution in [0.5, 0.6) is 5.75 Å². The molecule has 6 heteroatoms. The Balaban J connectivity index is 1.46. The van der Waals surface area contributed by atoms with Crippen LogP contribution < -0.4 is 4.74 Å². The van der Waals surface area contributed by atoms with Gasteiger partial charge in [0.15, 0.2) is 0 Å². The summed E-state index contributed by atoms with van der Waals surface area (Å²) >= 11 is 0. The highest BCUT2D eigenvalue weighted by atomic mass is 19.4. The summed E-state index contributed by atoms with van der Waals surface area (Å²) in [4.78, 5) is 0. The minimum Gasteiger partial charge on any atom is -0.406 e. The molecule has 4 unspecified atom stereocenters. The van der Waals surface area contributed by atoms with Crippen molar-refractivity contribution in [1.82, 2.24) is 0 Å². The lowest BCUT2D eigenvalue weighted by atomic mass is 9.64. The minimum atomic E-state index is -4.79. The maximum absolute atomic E-state index is 14.8. The van der Waals surface area contributed by atoms with Crippen molar-refractivity contribution in [2.24, 2.45) is 17.8 Å². The van der Waals surface area contributed by atoms with Crippen LogP contribution in [-0.2, 0) is 0 Å². The van der Waals surface area contributed by atoms with Gasteiger partial charge < -0.3 is 4.74 Å². The van der Waals surface area contributed by atoms with E-state index < -0.39 is 18.0 Å². The first-order valence-corrected chi connectivity index (χ1v) is 11.2. The zero-order valence-corrected chi connectivity index (χ0v) is 18.1. The molecule has 2 aromatic carbocycles. The lowest BCUT2D eigenvalue weighted by Crippen LogP contribution is -2.30. The Morgan fingerprint density at radius 3 is 2.15 bits per heavy atom. The number of ether oxygens (including phenoxy) is 1. The fraction of sp³-hybridized carbons (Fsp3) is 0.407. The third-order valence-electron chi connectivity index (χ3n) is 6.94. The third kappa shape index (κ3) is 5.76. The van der Waals surface area contributed by atoms with Gasteiger partial charge in [-0.05, 0) is 104 Å². The Morgan fingerprint density at radius 1 is 0.879 bits per heavy atom. The molecule has 2 fully saturated rings. The van der Waals surface area contributed by atoms with E-state index in [1.807, 2.05) is 0 Å². The van der Waals surface area contributed by atoms with Gasteiger partial charge in [-0.15, -0.1) is 19.8 Å². The highest BCUT2D eigenvalue weighted by Gasteiger charge is 2.35. The zero-order valence-electron chi connectivity index (χ0n) is 18.1. The quantitative estimate of drug-likeness (QED) is 0.259. The molecule has 1 nitrogen and oxygen atoms in total. The Kier molecular flexibility index (Phi) is 6.78. The van der Waals surface area contributed by atoms with Gasteiger partial charge in [0.05, 0.1) is 5.56 Å². The van der Waals surface area contributed by atoms with Crippen LogP contribution in [0.1, 0.15) is 61.1 Å². The highest BCUT2D eigenvalue weighted by Crippen LogP contribution is 2.48. The lowest BCUT2D eigenvalue weighted by molar-refractivity contribution is -0.274. The fourth-order valence-corrected chi connectivity index (χ4v) is 5.26. The van der Waals surface area contributed by atoms with Crippen LogP contribution in [0, 0.1) is 41.2 Å². The third-order valence-corrected chi connectivity index (χ3v) is 6.94. The molecule has 33 heavy (non-hydrogen) atoms. The van der Waals surface area contributed by atoms with Crippen molar-refractivity contribution in [2.75, 3.05) is 0 Å². The molecule has 0 aromatic heterocycles. The zero-order chi connectivity index (χ0) is 23.6. The van der Waals surface area contributed by atoms with Crippen molar-refractivity contribution in [1.29, 1.82) is 0 Å². The van der Waals surface area contributed by atoms with Crippen molar-refractivity contribution in [2.45, 2.75) is 50.8 Å². The van der Waals surface area contributed by atoms with E-state index in [-0.39, 0.29) is 17.2 Å². The molecule has 0 aliphatic heterocycles. The maximum atomic E-state index is 14.8. The van der Waals surface area contributed by atoms with Crippen LogP contribution in [-0.4, -0.2) is 6.36 Å².